The highest BCUT2D eigenvalue weighted by Gasteiger charge is 2.45. The summed E-state index contributed by atoms with van der Waals surface area (Å²) >= 11 is 0. The van der Waals surface area contributed by atoms with Crippen molar-refractivity contribution in [3.63, 3.8) is 0 Å². The van der Waals surface area contributed by atoms with Crippen molar-refractivity contribution >= 4 is 22.1 Å². The van der Waals surface area contributed by atoms with Gasteiger partial charge in [0.05, 0.1) is 0 Å². The molecule has 0 bridgehead atoms. The third kappa shape index (κ3) is 6.30. The molecule has 3 aromatic rings. The number of nitrogens with zero attached hydrogens (tertiary/aromatic N) is 1. The van der Waals surface area contributed by atoms with Crippen molar-refractivity contribution in [1.82, 2.24) is 14.3 Å². The Morgan fingerprint density at radius 3 is 2.41 bits per heavy atom. The second-order valence-corrected chi connectivity index (χ2v) is 10.7. The lowest BCUT2D eigenvalue weighted by Gasteiger charge is -2.25. The number of benzene rings is 3. The monoisotopic (exact) mass is 553 g/mol. The van der Waals surface area contributed by atoms with E-state index in [0.717, 1.165) is 9.87 Å². The lowest BCUT2D eigenvalue weighted by molar-refractivity contribution is -0.140. The summed E-state index contributed by atoms with van der Waals surface area (Å²) < 4.78 is 45.1. The fraction of sp³-hybridized carbons (Fsp3) is 0.259. The van der Waals surface area contributed by atoms with Crippen LogP contribution in [0, 0.1) is 0 Å². The molecule has 39 heavy (non-hydrogen) atoms. The van der Waals surface area contributed by atoms with Crippen LogP contribution in [0.1, 0.15) is 16.7 Å². The number of carboxylic acid groups (broad SMARTS) is 1. The second-order valence-electron chi connectivity index (χ2n) is 9.08. The molecular weight excluding hydrogens is 526 g/mol. The smallest absolute Gasteiger partial charge is 0.321 e. The van der Waals surface area contributed by atoms with E-state index in [2.05, 4.69) is 5.32 Å². The van der Waals surface area contributed by atoms with Crippen molar-refractivity contribution in [2.75, 3.05) is 13.2 Å². The largest absolute Gasteiger partial charge is 0.489 e. The lowest BCUT2D eigenvalue weighted by Crippen LogP contribution is -2.53. The average Bonchev–Trinajstić information content (AvgIpc) is 3.14. The first-order chi connectivity index (χ1) is 18.8. The predicted molar refractivity (Wildman–Crippen MR) is 139 cm³/mol. The first-order valence-corrected chi connectivity index (χ1v) is 13.7. The Bertz CT molecular complexity index is 1450. The molecule has 204 valence electrons. The highest BCUT2D eigenvalue weighted by molar-refractivity contribution is 7.88. The number of fused-ring (bicyclic) bond motifs is 1. The van der Waals surface area contributed by atoms with E-state index in [4.69, 9.17) is 14.2 Å². The number of ether oxygens (including phenoxy) is 3. The van der Waals surface area contributed by atoms with Crippen LogP contribution in [0.2, 0.25) is 0 Å². The van der Waals surface area contributed by atoms with Gasteiger partial charge in [0, 0.05) is 6.54 Å². The Balaban J connectivity index is 1.27. The summed E-state index contributed by atoms with van der Waals surface area (Å²) in [6, 6.07) is 20.3. The molecular formula is C27H27N3O8S. The van der Waals surface area contributed by atoms with Crippen molar-refractivity contribution in [3.05, 3.63) is 89.5 Å². The summed E-state index contributed by atoms with van der Waals surface area (Å²) in [6.07, 6.45) is -1.41. The van der Waals surface area contributed by atoms with Gasteiger partial charge < -0.3 is 19.3 Å². The van der Waals surface area contributed by atoms with E-state index in [-0.39, 0.29) is 13.0 Å². The summed E-state index contributed by atoms with van der Waals surface area (Å²) in [6.45, 7) is 0.986. The zero-order valence-corrected chi connectivity index (χ0v) is 21.6. The number of rotatable bonds is 10. The second kappa shape index (κ2) is 11.3. The van der Waals surface area contributed by atoms with E-state index in [0.29, 0.717) is 48.2 Å². The maximum atomic E-state index is 12.7. The number of aliphatic carboxylic acids is 1. The molecule has 2 atom stereocenters. The molecule has 1 saturated heterocycles. The number of nitrogens with one attached hydrogen (secondary N) is 2. The quantitative estimate of drug-likeness (QED) is 0.343. The molecule has 3 N–H and O–H groups in total. The Hall–Kier alpha value is -4.13. The van der Waals surface area contributed by atoms with Crippen molar-refractivity contribution in [2.24, 2.45) is 0 Å². The zero-order valence-electron chi connectivity index (χ0n) is 20.8. The van der Waals surface area contributed by atoms with Crippen LogP contribution in [0.5, 0.6) is 17.2 Å². The van der Waals surface area contributed by atoms with Gasteiger partial charge in [-0.2, -0.15) is 12.7 Å². The minimum absolute atomic E-state index is 0.00991. The maximum Gasteiger partial charge on any atom is 0.321 e. The van der Waals surface area contributed by atoms with Crippen LogP contribution >= 0.6 is 0 Å². The van der Waals surface area contributed by atoms with Gasteiger partial charge in [0.2, 0.25) is 0 Å². The van der Waals surface area contributed by atoms with Crippen LogP contribution in [-0.4, -0.2) is 55.1 Å². The molecule has 11 nitrogen and oxygen atoms in total. The van der Waals surface area contributed by atoms with Gasteiger partial charge in [-0.15, -0.1) is 0 Å². The number of carbonyl (C=O) groups is 2. The van der Waals surface area contributed by atoms with Gasteiger partial charge in [-0.25, -0.2) is 4.72 Å². The average molecular weight is 554 g/mol. The van der Waals surface area contributed by atoms with E-state index < -0.39 is 34.3 Å². The van der Waals surface area contributed by atoms with E-state index in [1.165, 1.54) is 0 Å². The van der Waals surface area contributed by atoms with Crippen molar-refractivity contribution in [3.8, 4) is 17.2 Å². The Morgan fingerprint density at radius 1 is 1.00 bits per heavy atom. The molecule has 5 rings (SSSR count). The number of carbonyl (C=O) groups excluding carboxylic acids is 1. The molecule has 2 aliphatic rings. The predicted octanol–water partition coefficient (Wildman–Crippen LogP) is 1.83. The number of amides is 1. The SMILES string of the molecule is O=C(O)[C@H](Cc1ccc(OCc2ccccc2)cc1)N[C@H]1C(=O)NS(=O)(=O)N1Cc1ccc2c(c1)OCCO2. The van der Waals surface area contributed by atoms with Crippen LogP contribution in [0.25, 0.3) is 0 Å². The molecule has 0 aromatic heterocycles. The number of carboxylic acids is 1. The van der Waals surface area contributed by atoms with Crippen LogP contribution in [-0.2, 0) is 39.4 Å². The number of hydrogen-bond donors (Lipinski definition) is 3. The topological polar surface area (TPSA) is 143 Å². The minimum atomic E-state index is -4.19. The Labute approximate surface area is 225 Å². The van der Waals surface area contributed by atoms with Crippen LogP contribution in [0.3, 0.4) is 0 Å². The lowest BCUT2D eigenvalue weighted by atomic mass is 10.1. The molecule has 0 unspecified atom stereocenters. The summed E-state index contributed by atoms with van der Waals surface area (Å²) in [5.41, 5.74) is 2.23. The maximum absolute atomic E-state index is 12.7. The standard InChI is InChI=1S/C27H27N3O8S/c31-26-25(30(39(34,35)29-26)16-20-8-11-23-24(15-20)37-13-12-36-23)28-22(27(32)33)14-18-6-9-21(10-7-18)38-17-19-4-2-1-3-5-19/h1-11,15,22,25,28H,12-14,16-17H2,(H,29,31)(H,32,33)/t22-,25+/m0/s1. The molecule has 3 aromatic carbocycles. The Morgan fingerprint density at radius 2 is 1.69 bits per heavy atom. The molecule has 2 aliphatic heterocycles. The minimum Gasteiger partial charge on any atom is -0.489 e. The molecule has 1 fully saturated rings. The van der Waals surface area contributed by atoms with E-state index in [1.54, 1.807) is 42.5 Å². The van der Waals surface area contributed by atoms with Crippen LogP contribution in [0.4, 0.5) is 0 Å². The molecule has 12 heteroatoms. The van der Waals surface area contributed by atoms with Crippen LogP contribution in [0.15, 0.2) is 72.8 Å². The fourth-order valence-corrected chi connectivity index (χ4v) is 5.56. The first-order valence-electron chi connectivity index (χ1n) is 12.2. The van der Waals surface area contributed by atoms with Gasteiger partial charge in [0.1, 0.15) is 31.6 Å². The van der Waals surface area contributed by atoms with Crippen molar-refractivity contribution < 1.29 is 37.3 Å². The number of hydrogen-bond acceptors (Lipinski definition) is 8. The Kier molecular flexibility index (Phi) is 7.68. The fourth-order valence-electron chi connectivity index (χ4n) is 4.32. The summed E-state index contributed by atoms with van der Waals surface area (Å²) in [5, 5.41) is 12.6. The summed E-state index contributed by atoms with van der Waals surface area (Å²) in [7, 11) is -4.19. The summed E-state index contributed by atoms with van der Waals surface area (Å²) in [5.74, 6) is -0.451. The van der Waals surface area contributed by atoms with Gasteiger partial charge in [0.25, 0.3) is 5.91 Å². The molecule has 0 saturated carbocycles. The van der Waals surface area contributed by atoms with Gasteiger partial charge in [0.15, 0.2) is 17.7 Å². The molecule has 2 heterocycles. The van der Waals surface area contributed by atoms with Gasteiger partial charge in [-0.1, -0.05) is 48.5 Å². The third-order valence-electron chi connectivity index (χ3n) is 6.29. The van der Waals surface area contributed by atoms with Gasteiger partial charge in [-0.3, -0.25) is 14.9 Å². The van der Waals surface area contributed by atoms with Gasteiger partial charge >= 0.3 is 16.2 Å². The summed E-state index contributed by atoms with van der Waals surface area (Å²) in [4.78, 5) is 24.7. The first kappa shape index (κ1) is 26.5. The normalized spacial score (nSPS) is 18.8. The zero-order chi connectivity index (χ0) is 27.4. The molecule has 0 radical (unpaired) electrons. The van der Waals surface area contributed by atoms with Gasteiger partial charge in [-0.05, 0) is 47.4 Å². The molecule has 0 spiro atoms. The highest BCUT2D eigenvalue weighted by Crippen LogP contribution is 2.32. The van der Waals surface area contributed by atoms with Crippen molar-refractivity contribution in [2.45, 2.75) is 31.8 Å². The third-order valence-corrected chi connectivity index (χ3v) is 7.70. The van der Waals surface area contributed by atoms with Crippen LogP contribution < -0.4 is 24.2 Å². The van der Waals surface area contributed by atoms with E-state index >= 15 is 0 Å². The van der Waals surface area contributed by atoms with Crippen molar-refractivity contribution in [1.29, 1.82) is 0 Å². The molecule has 0 aliphatic carbocycles. The molecule has 1 amide bonds. The van der Waals surface area contributed by atoms with E-state index in [9.17, 15) is 23.1 Å². The van der Waals surface area contributed by atoms with E-state index in [1.807, 2.05) is 35.1 Å². The highest BCUT2D eigenvalue weighted by atomic mass is 32.2.